The molecule has 3 rings (SSSR count). The van der Waals surface area contributed by atoms with Crippen molar-refractivity contribution in [3.63, 3.8) is 0 Å². The van der Waals surface area contributed by atoms with Crippen LogP contribution in [0.4, 0.5) is 5.69 Å². The van der Waals surface area contributed by atoms with Crippen molar-refractivity contribution in [1.29, 1.82) is 0 Å². The van der Waals surface area contributed by atoms with Crippen molar-refractivity contribution in [3.8, 4) is 5.75 Å². The molecular weight excluding hydrogens is 412 g/mol. The maximum absolute atomic E-state index is 12.3. The SMILES string of the molecule is Cc1cc(OCn2ccc(C(=O)NCCn3nc(C)c([N+](=O)[O-])c3C)n2)ccc1Cl. The van der Waals surface area contributed by atoms with Crippen molar-refractivity contribution in [3.05, 3.63) is 68.2 Å². The molecule has 0 atom stereocenters. The molecule has 3 aromatic rings. The number of halogens is 1. The van der Waals surface area contributed by atoms with Gasteiger partial charge in [-0.05, 0) is 50.6 Å². The average molecular weight is 433 g/mol. The average Bonchev–Trinajstić information content (AvgIpc) is 3.27. The summed E-state index contributed by atoms with van der Waals surface area (Å²) in [6.07, 6.45) is 1.64. The lowest BCUT2D eigenvalue weighted by molar-refractivity contribution is -0.386. The lowest BCUT2D eigenvalue weighted by Gasteiger charge is -2.08. The third-order valence-electron chi connectivity index (χ3n) is 4.50. The number of amides is 1. The van der Waals surface area contributed by atoms with Crippen LogP contribution in [-0.2, 0) is 13.3 Å². The van der Waals surface area contributed by atoms with Crippen LogP contribution in [-0.4, -0.2) is 36.9 Å². The molecule has 1 aromatic carbocycles. The molecule has 0 aliphatic heterocycles. The molecule has 1 N–H and O–H groups in total. The van der Waals surface area contributed by atoms with Crippen LogP contribution < -0.4 is 10.1 Å². The number of nitrogens with one attached hydrogen (secondary N) is 1. The van der Waals surface area contributed by atoms with E-state index in [2.05, 4.69) is 15.5 Å². The first-order chi connectivity index (χ1) is 14.3. The normalized spacial score (nSPS) is 10.8. The first-order valence-corrected chi connectivity index (χ1v) is 9.53. The molecule has 0 unspecified atom stereocenters. The summed E-state index contributed by atoms with van der Waals surface area (Å²) in [5.74, 6) is 0.296. The van der Waals surface area contributed by atoms with Gasteiger partial charge in [-0.1, -0.05) is 11.6 Å². The Bertz CT molecular complexity index is 1090. The minimum Gasteiger partial charge on any atom is -0.471 e. The number of aryl methyl sites for hydroxylation is 2. The number of carbonyl (C=O) groups excluding carboxylic acids is 1. The second kappa shape index (κ2) is 8.95. The van der Waals surface area contributed by atoms with Gasteiger partial charge in [0.2, 0.25) is 0 Å². The summed E-state index contributed by atoms with van der Waals surface area (Å²) < 4.78 is 8.66. The Kier molecular flexibility index (Phi) is 6.36. The predicted octanol–water partition coefficient (Wildman–Crippen LogP) is 3.03. The van der Waals surface area contributed by atoms with Crippen LogP contribution in [0.25, 0.3) is 0 Å². The maximum Gasteiger partial charge on any atom is 0.312 e. The Labute approximate surface area is 177 Å². The van der Waals surface area contributed by atoms with Gasteiger partial charge in [-0.2, -0.15) is 10.2 Å². The molecule has 2 heterocycles. The Morgan fingerprint density at radius 2 is 2.03 bits per heavy atom. The van der Waals surface area contributed by atoms with E-state index in [1.54, 1.807) is 38.2 Å². The monoisotopic (exact) mass is 432 g/mol. The second-order valence-electron chi connectivity index (χ2n) is 6.68. The number of carbonyl (C=O) groups is 1. The van der Waals surface area contributed by atoms with E-state index in [4.69, 9.17) is 16.3 Å². The number of nitrogens with zero attached hydrogens (tertiary/aromatic N) is 5. The maximum atomic E-state index is 12.3. The molecule has 0 spiro atoms. The zero-order valence-corrected chi connectivity index (χ0v) is 17.5. The minimum atomic E-state index is -0.452. The summed E-state index contributed by atoms with van der Waals surface area (Å²) >= 11 is 6.00. The van der Waals surface area contributed by atoms with Crippen molar-refractivity contribution >= 4 is 23.2 Å². The highest BCUT2D eigenvalue weighted by molar-refractivity contribution is 6.31. The van der Waals surface area contributed by atoms with Gasteiger partial charge in [-0.15, -0.1) is 0 Å². The lowest BCUT2D eigenvalue weighted by atomic mass is 10.2. The highest BCUT2D eigenvalue weighted by Crippen LogP contribution is 2.22. The van der Waals surface area contributed by atoms with E-state index in [0.29, 0.717) is 28.7 Å². The molecule has 10 nitrogen and oxygen atoms in total. The van der Waals surface area contributed by atoms with Gasteiger partial charge in [0, 0.05) is 17.8 Å². The molecule has 11 heteroatoms. The fraction of sp³-hybridized carbons (Fsp3) is 0.316. The summed E-state index contributed by atoms with van der Waals surface area (Å²) in [5.41, 5.74) is 1.94. The number of rotatable bonds is 8. The van der Waals surface area contributed by atoms with Crippen molar-refractivity contribution in [2.45, 2.75) is 34.0 Å². The molecule has 1 amide bonds. The molecule has 0 saturated heterocycles. The van der Waals surface area contributed by atoms with E-state index in [-0.39, 0.29) is 30.6 Å². The van der Waals surface area contributed by atoms with Crippen LogP contribution in [0, 0.1) is 30.9 Å². The molecule has 2 aromatic heterocycles. The summed E-state index contributed by atoms with van der Waals surface area (Å²) in [5, 5.41) is 22.8. The summed E-state index contributed by atoms with van der Waals surface area (Å²) in [6.45, 7) is 5.81. The Hall–Kier alpha value is -3.40. The molecule has 0 aliphatic carbocycles. The Morgan fingerprint density at radius 1 is 1.27 bits per heavy atom. The molecule has 0 aliphatic rings. The first-order valence-electron chi connectivity index (χ1n) is 9.15. The molecular formula is C19H21ClN6O4. The van der Waals surface area contributed by atoms with Crippen molar-refractivity contribution in [2.75, 3.05) is 6.54 Å². The third-order valence-corrected chi connectivity index (χ3v) is 4.93. The molecule has 0 radical (unpaired) electrons. The highest BCUT2D eigenvalue weighted by Gasteiger charge is 2.21. The number of ether oxygens (including phenoxy) is 1. The largest absolute Gasteiger partial charge is 0.471 e. The van der Waals surface area contributed by atoms with Gasteiger partial charge in [0.05, 0.1) is 11.5 Å². The van der Waals surface area contributed by atoms with Crippen LogP contribution in [0.5, 0.6) is 5.75 Å². The van der Waals surface area contributed by atoms with E-state index < -0.39 is 4.92 Å². The number of aromatic nitrogens is 4. The van der Waals surface area contributed by atoms with Crippen molar-refractivity contribution in [1.82, 2.24) is 24.9 Å². The van der Waals surface area contributed by atoms with Crippen molar-refractivity contribution < 1.29 is 14.5 Å². The zero-order valence-electron chi connectivity index (χ0n) is 16.8. The van der Waals surface area contributed by atoms with Gasteiger partial charge >= 0.3 is 5.69 Å². The number of hydrogen-bond donors (Lipinski definition) is 1. The topological polar surface area (TPSA) is 117 Å². The van der Waals surface area contributed by atoms with E-state index in [1.165, 1.54) is 9.36 Å². The van der Waals surface area contributed by atoms with E-state index in [9.17, 15) is 14.9 Å². The molecule has 158 valence electrons. The Morgan fingerprint density at radius 3 is 2.70 bits per heavy atom. The molecule has 0 saturated carbocycles. The number of benzene rings is 1. The van der Waals surface area contributed by atoms with Gasteiger partial charge in [0.25, 0.3) is 5.91 Å². The standard InChI is InChI=1S/C19H21ClN6O4/c1-12-10-15(4-5-16(12)20)30-11-24-8-6-17(23-24)19(27)21-7-9-25-14(3)18(26(28)29)13(2)22-25/h4-6,8,10H,7,9,11H2,1-3H3,(H,21,27). The van der Waals surface area contributed by atoms with Crippen LogP contribution in [0.3, 0.4) is 0 Å². The fourth-order valence-electron chi connectivity index (χ4n) is 2.94. The van der Waals surface area contributed by atoms with E-state index >= 15 is 0 Å². The summed E-state index contributed by atoms with van der Waals surface area (Å²) in [6, 6.07) is 6.92. The van der Waals surface area contributed by atoms with Crippen LogP contribution in [0.15, 0.2) is 30.5 Å². The van der Waals surface area contributed by atoms with Crippen molar-refractivity contribution in [2.24, 2.45) is 0 Å². The van der Waals surface area contributed by atoms with Crippen LogP contribution in [0.1, 0.15) is 27.4 Å². The highest BCUT2D eigenvalue weighted by atomic mass is 35.5. The summed E-state index contributed by atoms with van der Waals surface area (Å²) in [4.78, 5) is 22.9. The van der Waals surface area contributed by atoms with Gasteiger partial charge < -0.3 is 10.1 Å². The lowest BCUT2D eigenvalue weighted by Crippen LogP contribution is -2.28. The molecule has 0 bridgehead atoms. The zero-order chi connectivity index (χ0) is 21.8. The molecule has 30 heavy (non-hydrogen) atoms. The van der Waals surface area contributed by atoms with E-state index in [1.807, 2.05) is 13.0 Å². The van der Waals surface area contributed by atoms with Crippen LogP contribution >= 0.6 is 11.6 Å². The molecule has 0 fully saturated rings. The third kappa shape index (κ3) is 4.77. The number of hydrogen-bond acceptors (Lipinski definition) is 6. The fourth-order valence-corrected chi connectivity index (χ4v) is 3.06. The van der Waals surface area contributed by atoms with Crippen LogP contribution in [0.2, 0.25) is 5.02 Å². The smallest absolute Gasteiger partial charge is 0.312 e. The van der Waals surface area contributed by atoms with Gasteiger partial charge in [0.15, 0.2) is 6.73 Å². The van der Waals surface area contributed by atoms with E-state index in [0.717, 1.165) is 5.56 Å². The van der Waals surface area contributed by atoms with Gasteiger partial charge in [0.1, 0.15) is 22.8 Å². The first kappa shape index (κ1) is 21.3. The number of nitro groups is 1. The Balaban J connectivity index is 1.52. The van der Waals surface area contributed by atoms with Gasteiger partial charge in [-0.3, -0.25) is 19.6 Å². The summed E-state index contributed by atoms with van der Waals surface area (Å²) in [7, 11) is 0. The second-order valence-corrected chi connectivity index (χ2v) is 7.09. The minimum absolute atomic E-state index is 0.00375. The van der Waals surface area contributed by atoms with Gasteiger partial charge in [-0.25, -0.2) is 4.68 Å². The quantitative estimate of drug-likeness (QED) is 0.432. The predicted molar refractivity (Wildman–Crippen MR) is 110 cm³/mol.